The van der Waals surface area contributed by atoms with E-state index in [2.05, 4.69) is 15.1 Å². The molecule has 1 N–H and O–H groups in total. The summed E-state index contributed by atoms with van der Waals surface area (Å²) in [6.45, 7) is 1.91. The van der Waals surface area contributed by atoms with Crippen LogP contribution in [0.3, 0.4) is 0 Å². The lowest BCUT2D eigenvalue weighted by atomic mass is 9.88. The smallest absolute Gasteiger partial charge is 0.242 e. The van der Waals surface area contributed by atoms with Crippen molar-refractivity contribution in [1.29, 1.82) is 0 Å². The van der Waals surface area contributed by atoms with Crippen LogP contribution in [0, 0.1) is 6.92 Å². The Hall–Kier alpha value is -2.83. The second kappa shape index (κ2) is 7.89. The summed E-state index contributed by atoms with van der Waals surface area (Å²) in [5, 5.41) is 5.27. The van der Waals surface area contributed by atoms with E-state index in [1.54, 1.807) is 31.4 Å². The summed E-state index contributed by atoms with van der Waals surface area (Å²) in [5.41, 5.74) is 2.95. The standard InChI is InChI=1S/C21H17Cl2N3O3/c1-11-18(15-9-14(28-2)7-8-16(15)24-11)19(21-25-17(10-22)26-29-21)20(27)12-3-5-13(23)6-4-12/h3-9,19,24H,10H2,1-2H3. The molecule has 0 bridgehead atoms. The number of fused-ring (bicyclic) bond motifs is 1. The fourth-order valence-electron chi connectivity index (χ4n) is 3.41. The zero-order valence-corrected chi connectivity index (χ0v) is 17.2. The number of alkyl halides is 1. The van der Waals surface area contributed by atoms with E-state index in [1.165, 1.54) is 0 Å². The highest BCUT2D eigenvalue weighted by Gasteiger charge is 2.33. The Bertz CT molecular complexity index is 1180. The van der Waals surface area contributed by atoms with Crippen molar-refractivity contribution in [1.82, 2.24) is 15.1 Å². The lowest BCUT2D eigenvalue weighted by Crippen LogP contribution is -2.16. The molecule has 0 aliphatic carbocycles. The van der Waals surface area contributed by atoms with Crippen LogP contribution >= 0.6 is 23.2 Å². The molecule has 0 saturated heterocycles. The normalized spacial score (nSPS) is 12.3. The minimum Gasteiger partial charge on any atom is -0.497 e. The second-order valence-corrected chi connectivity index (χ2v) is 7.27. The van der Waals surface area contributed by atoms with Crippen LogP contribution in [0.5, 0.6) is 5.75 Å². The number of benzene rings is 2. The van der Waals surface area contributed by atoms with Crippen molar-refractivity contribution in [2.75, 3.05) is 7.11 Å². The van der Waals surface area contributed by atoms with Gasteiger partial charge < -0.3 is 14.2 Å². The predicted octanol–water partition coefficient (Wildman–Crippen LogP) is 5.27. The molecule has 0 fully saturated rings. The van der Waals surface area contributed by atoms with Gasteiger partial charge in [0.05, 0.1) is 13.0 Å². The van der Waals surface area contributed by atoms with Crippen LogP contribution in [-0.4, -0.2) is 28.0 Å². The van der Waals surface area contributed by atoms with Gasteiger partial charge in [-0.3, -0.25) is 4.79 Å². The third kappa shape index (κ3) is 3.61. The molecule has 0 spiro atoms. The van der Waals surface area contributed by atoms with Crippen LogP contribution in [0.25, 0.3) is 10.9 Å². The number of hydrogen-bond acceptors (Lipinski definition) is 5. The Morgan fingerprint density at radius 3 is 2.66 bits per heavy atom. The highest BCUT2D eigenvalue weighted by molar-refractivity contribution is 6.30. The van der Waals surface area contributed by atoms with E-state index < -0.39 is 5.92 Å². The predicted molar refractivity (Wildman–Crippen MR) is 111 cm³/mol. The zero-order chi connectivity index (χ0) is 20.5. The van der Waals surface area contributed by atoms with E-state index in [0.29, 0.717) is 22.2 Å². The van der Waals surface area contributed by atoms with Crippen molar-refractivity contribution in [3.05, 3.63) is 76.0 Å². The summed E-state index contributed by atoms with van der Waals surface area (Å²) in [5.74, 6) is 0.298. The summed E-state index contributed by atoms with van der Waals surface area (Å²) >= 11 is 11.8. The van der Waals surface area contributed by atoms with E-state index in [9.17, 15) is 4.79 Å². The lowest BCUT2D eigenvalue weighted by molar-refractivity contribution is 0.0961. The van der Waals surface area contributed by atoms with Crippen LogP contribution in [0.15, 0.2) is 47.0 Å². The molecule has 29 heavy (non-hydrogen) atoms. The number of methoxy groups -OCH3 is 1. The van der Waals surface area contributed by atoms with Crippen molar-refractivity contribution >= 4 is 39.9 Å². The van der Waals surface area contributed by atoms with Gasteiger partial charge in [-0.25, -0.2) is 0 Å². The highest BCUT2D eigenvalue weighted by Crippen LogP contribution is 2.37. The van der Waals surface area contributed by atoms with Gasteiger partial charge in [-0.1, -0.05) is 16.8 Å². The number of nitrogens with zero attached hydrogens (tertiary/aromatic N) is 2. The SMILES string of the molecule is COc1ccc2[nH]c(C)c(C(C(=O)c3ccc(Cl)cc3)c3nc(CCl)no3)c2c1. The molecule has 148 valence electrons. The first-order chi connectivity index (χ1) is 14.0. The molecular weight excluding hydrogens is 413 g/mol. The van der Waals surface area contributed by atoms with Gasteiger partial charge in [0, 0.05) is 32.7 Å². The van der Waals surface area contributed by atoms with Crippen molar-refractivity contribution in [2.24, 2.45) is 0 Å². The molecule has 2 aromatic heterocycles. The van der Waals surface area contributed by atoms with Gasteiger partial charge in [0.25, 0.3) is 0 Å². The Morgan fingerprint density at radius 1 is 1.24 bits per heavy atom. The van der Waals surface area contributed by atoms with Crippen molar-refractivity contribution < 1.29 is 14.1 Å². The van der Waals surface area contributed by atoms with Gasteiger partial charge in [0.2, 0.25) is 5.89 Å². The average Bonchev–Trinajstić information content (AvgIpc) is 3.33. The number of nitrogens with one attached hydrogen (secondary N) is 1. The van der Waals surface area contributed by atoms with Crippen molar-refractivity contribution in [2.45, 2.75) is 18.7 Å². The molecule has 0 amide bonds. The highest BCUT2D eigenvalue weighted by atomic mass is 35.5. The number of aryl methyl sites for hydroxylation is 1. The van der Waals surface area contributed by atoms with Crippen LogP contribution in [-0.2, 0) is 5.88 Å². The van der Waals surface area contributed by atoms with Gasteiger partial charge >= 0.3 is 0 Å². The largest absolute Gasteiger partial charge is 0.497 e. The maximum Gasteiger partial charge on any atom is 0.242 e. The molecule has 0 saturated carbocycles. The van der Waals surface area contributed by atoms with Crippen molar-refractivity contribution in [3.8, 4) is 5.75 Å². The van der Waals surface area contributed by atoms with Gasteiger partial charge in [0.1, 0.15) is 11.7 Å². The van der Waals surface area contributed by atoms with E-state index in [1.807, 2.05) is 25.1 Å². The number of carbonyl (C=O) groups excluding carboxylic acids is 1. The molecule has 2 aromatic carbocycles. The Labute approximate surface area is 176 Å². The lowest BCUT2D eigenvalue weighted by Gasteiger charge is -2.13. The van der Waals surface area contributed by atoms with Crippen molar-refractivity contribution in [3.63, 3.8) is 0 Å². The minimum absolute atomic E-state index is 0.0893. The molecule has 4 aromatic rings. The van der Waals surface area contributed by atoms with Gasteiger partial charge in [-0.2, -0.15) is 4.98 Å². The molecule has 1 atom stereocenters. The first-order valence-electron chi connectivity index (χ1n) is 8.86. The number of aromatic amines is 1. The number of hydrogen-bond donors (Lipinski definition) is 1. The van der Waals surface area contributed by atoms with Gasteiger partial charge in [-0.15, -0.1) is 11.6 Å². The Morgan fingerprint density at radius 2 is 2.00 bits per heavy atom. The summed E-state index contributed by atoms with van der Waals surface area (Å²) < 4.78 is 10.8. The number of ketones is 1. The molecule has 2 heterocycles. The summed E-state index contributed by atoms with van der Waals surface area (Å²) in [4.78, 5) is 21.2. The number of rotatable bonds is 6. The molecule has 0 radical (unpaired) electrons. The number of aromatic nitrogens is 3. The molecule has 0 aliphatic rings. The Balaban J connectivity index is 1.93. The van der Waals surface area contributed by atoms with Gasteiger partial charge in [0.15, 0.2) is 11.6 Å². The van der Waals surface area contributed by atoms with Crippen LogP contribution in [0.2, 0.25) is 5.02 Å². The van der Waals surface area contributed by atoms with E-state index in [4.69, 9.17) is 32.5 Å². The fraction of sp³-hybridized carbons (Fsp3) is 0.190. The van der Waals surface area contributed by atoms with E-state index in [-0.39, 0.29) is 17.6 Å². The number of ether oxygens (including phenoxy) is 1. The summed E-state index contributed by atoms with van der Waals surface area (Å²) in [7, 11) is 1.60. The second-order valence-electron chi connectivity index (χ2n) is 6.56. The summed E-state index contributed by atoms with van der Waals surface area (Å²) in [6, 6.07) is 12.4. The topological polar surface area (TPSA) is 81.0 Å². The van der Waals surface area contributed by atoms with Crippen LogP contribution in [0.1, 0.15) is 39.2 Å². The van der Waals surface area contributed by atoms with Crippen LogP contribution in [0.4, 0.5) is 0 Å². The van der Waals surface area contributed by atoms with E-state index in [0.717, 1.165) is 22.2 Å². The first kappa shape index (κ1) is 19.5. The molecule has 8 heteroatoms. The number of Topliss-reactive ketones (excluding diaryl/α,β-unsaturated/α-hetero) is 1. The molecular formula is C21H17Cl2N3O3. The number of carbonyl (C=O) groups is 1. The number of H-pyrrole nitrogens is 1. The maximum absolute atomic E-state index is 13.6. The molecule has 1 unspecified atom stereocenters. The maximum atomic E-state index is 13.6. The molecule has 6 nitrogen and oxygen atoms in total. The monoisotopic (exact) mass is 429 g/mol. The minimum atomic E-state index is -0.804. The van der Waals surface area contributed by atoms with Crippen LogP contribution < -0.4 is 4.74 Å². The zero-order valence-electron chi connectivity index (χ0n) is 15.7. The third-order valence-electron chi connectivity index (χ3n) is 4.77. The molecule has 4 rings (SSSR count). The average molecular weight is 430 g/mol. The fourth-order valence-corrected chi connectivity index (χ4v) is 3.65. The summed E-state index contributed by atoms with van der Waals surface area (Å²) in [6.07, 6.45) is 0. The number of halogens is 2. The quantitative estimate of drug-likeness (QED) is 0.333. The first-order valence-corrected chi connectivity index (χ1v) is 9.77. The van der Waals surface area contributed by atoms with Gasteiger partial charge in [-0.05, 0) is 49.4 Å². The van der Waals surface area contributed by atoms with E-state index >= 15 is 0 Å². The molecule has 0 aliphatic heterocycles. The Kier molecular flexibility index (Phi) is 5.30. The third-order valence-corrected chi connectivity index (χ3v) is 5.26.